The molecule has 0 aromatic carbocycles. The van der Waals surface area contributed by atoms with Crippen molar-refractivity contribution in [3.8, 4) is 0 Å². The molecular formula is C8H5BrClN3O. The summed E-state index contributed by atoms with van der Waals surface area (Å²) < 4.78 is 0.493. The molecule has 3 N–H and O–H groups in total. The van der Waals surface area contributed by atoms with Crippen molar-refractivity contribution in [1.82, 2.24) is 9.97 Å². The van der Waals surface area contributed by atoms with E-state index in [-0.39, 0.29) is 11.2 Å². The lowest BCUT2D eigenvalue weighted by Gasteiger charge is -2.02. The van der Waals surface area contributed by atoms with E-state index >= 15 is 0 Å². The number of nitrogens with two attached hydrogens (primary N) is 1. The van der Waals surface area contributed by atoms with Crippen LogP contribution in [-0.4, -0.2) is 9.97 Å². The number of hydrogen-bond acceptors (Lipinski definition) is 3. The molecule has 0 saturated heterocycles. The van der Waals surface area contributed by atoms with Crippen molar-refractivity contribution in [2.45, 2.75) is 0 Å². The van der Waals surface area contributed by atoms with E-state index in [1.54, 1.807) is 6.07 Å². The third kappa shape index (κ3) is 1.38. The van der Waals surface area contributed by atoms with E-state index in [9.17, 15) is 4.79 Å². The number of rotatable bonds is 0. The number of nitrogens with one attached hydrogen (secondary N) is 1. The van der Waals surface area contributed by atoms with Crippen LogP contribution in [0.1, 0.15) is 0 Å². The number of hydrogen-bond donors (Lipinski definition) is 2. The first-order valence-corrected chi connectivity index (χ1v) is 4.89. The lowest BCUT2D eigenvalue weighted by molar-refractivity contribution is 1.27. The van der Waals surface area contributed by atoms with Crippen LogP contribution in [0.5, 0.6) is 0 Å². The molecule has 14 heavy (non-hydrogen) atoms. The van der Waals surface area contributed by atoms with Gasteiger partial charge in [-0.1, -0.05) is 11.6 Å². The number of pyridine rings is 2. The minimum absolute atomic E-state index is 0.118. The smallest absolute Gasteiger partial charge is 0.272 e. The van der Waals surface area contributed by atoms with Gasteiger partial charge in [-0.15, -0.1) is 0 Å². The highest BCUT2D eigenvalue weighted by Crippen LogP contribution is 2.24. The van der Waals surface area contributed by atoms with Gasteiger partial charge in [-0.25, -0.2) is 0 Å². The standard InChI is InChI=1S/C8H5BrClN3O/c9-5-6(11)8(14)13-4-1-3(10)2-12-7(4)5/h1-2H,11H2,(H,13,14). The summed E-state index contributed by atoms with van der Waals surface area (Å²) in [5.41, 5.74) is 6.44. The van der Waals surface area contributed by atoms with E-state index in [1.165, 1.54) is 6.20 Å². The molecule has 0 atom stereocenters. The summed E-state index contributed by atoms with van der Waals surface area (Å²) in [5, 5.41) is 0.463. The molecule has 0 aliphatic carbocycles. The van der Waals surface area contributed by atoms with Crippen molar-refractivity contribution in [2.24, 2.45) is 0 Å². The van der Waals surface area contributed by atoms with Gasteiger partial charge >= 0.3 is 0 Å². The molecule has 2 rings (SSSR count). The lowest BCUT2D eigenvalue weighted by Crippen LogP contribution is -2.12. The summed E-state index contributed by atoms with van der Waals surface area (Å²) in [4.78, 5) is 17.9. The summed E-state index contributed by atoms with van der Waals surface area (Å²) in [6, 6.07) is 1.62. The van der Waals surface area contributed by atoms with Crippen LogP contribution in [0, 0.1) is 0 Å². The predicted octanol–water partition coefficient (Wildman–Crippen LogP) is 1.92. The van der Waals surface area contributed by atoms with Gasteiger partial charge in [0.15, 0.2) is 0 Å². The van der Waals surface area contributed by atoms with Crippen LogP contribution in [0.3, 0.4) is 0 Å². The maximum absolute atomic E-state index is 11.3. The summed E-state index contributed by atoms with van der Waals surface area (Å²) >= 11 is 8.94. The SMILES string of the molecule is Nc1c(Br)c2ncc(Cl)cc2[nH]c1=O. The molecule has 4 nitrogen and oxygen atoms in total. The van der Waals surface area contributed by atoms with Crippen molar-refractivity contribution in [1.29, 1.82) is 0 Å². The molecule has 2 aromatic rings. The monoisotopic (exact) mass is 273 g/mol. The minimum Gasteiger partial charge on any atom is -0.393 e. The Bertz CT molecular complexity index is 566. The van der Waals surface area contributed by atoms with E-state index in [2.05, 4.69) is 25.9 Å². The van der Waals surface area contributed by atoms with Gasteiger partial charge in [-0.2, -0.15) is 0 Å². The van der Waals surface area contributed by atoms with E-state index in [4.69, 9.17) is 17.3 Å². The van der Waals surface area contributed by atoms with E-state index in [1.807, 2.05) is 0 Å². The number of nitrogen functional groups attached to an aromatic ring is 1. The lowest BCUT2D eigenvalue weighted by atomic mass is 10.3. The van der Waals surface area contributed by atoms with Gasteiger partial charge in [0.1, 0.15) is 11.2 Å². The number of aromatic nitrogens is 2. The fourth-order valence-corrected chi connectivity index (χ4v) is 1.78. The summed E-state index contributed by atoms with van der Waals surface area (Å²) in [5.74, 6) is 0. The molecular weight excluding hydrogens is 269 g/mol. The Morgan fingerprint density at radius 1 is 1.57 bits per heavy atom. The molecule has 2 heterocycles. The van der Waals surface area contributed by atoms with Crippen molar-refractivity contribution < 1.29 is 0 Å². The molecule has 2 aromatic heterocycles. The maximum atomic E-state index is 11.3. The molecule has 72 valence electrons. The first kappa shape index (κ1) is 9.48. The number of aromatic amines is 1. The molecule has 0 unspecified atom stereocenters. The van der Waals surface area contributed by atoms with Crippen molar-refractivity contribution >= 4 is 44.3 Å². The van der Waals surface area contributed by atoms with Crippen molar-refractivity contribution in [3.63, 3.8) is 0 Å². The van der Waals surface area contributed by atoms with Crippen LogP contribution >= 0.6 is 27.5 Å². The quantitative estimate of drug-likeness (QED) is 0.771. The third-order valence-corrected chi connectivity index (χ3v) is 2.80. The van der Waals surface area contributed by atoms with Crippen LogP contribution in [-0.2, 0) is 0 Å². The predicted molar refractivity (Wildman–Crippen MR) is 59.5 cm³/mol. The zero-order chi connectivity index (χ0) is 10.3. The highest BCUT2D eigenvalue weighted by Gasteiger charge is 2.08. The van der Waals surface area contributed by atoms with Crippen LogP contribution in [0.4, 0.5) is 5.69 Å². The largest absolute Gasteiger partial charge is 0.393 e. The fourth-order valence-electron chi connectivity index (χ4n) is 1.13. The van der Waals surface area contributed by atoms with Gasteiger partial charge in [0.2, 0.25) is 0 Å². The molecule has 0 aliphatic rings. The Balaban J connectivity index is 2.98. The normalized spacial score (nSPS) is 10.7. The number of fused-ring (bicyclic) bond motifs is 1. The fraction of sp³-hybridized carbons (Fsp3) is 0. The molecule has 0 amide bonds. The Morgan fingerprint density at radius 3 is 3.00 bits per heavy atom. The van der Waals surface area contributed by atoms with Gasteiger partial charge in [-0.3, -0.25) is 9.78 Å². The zero-order valence-electron chi connectivity index (χ0n) is 6.84. The van der Waals surface area contributed by atoms with Gasteiger partial charge in [0.25, 0.3) is 5.56 Å². The Labute approximate surface area is 92.2 Å². The zero-order valence-corrected chi connectivity index (χ0v) is 9.19. The number of halogens is 2. The van der Waals surface area contributed by atoms with Crippen LogP contribution in [0.2, 0.25) is 5.02 Å². The average molecular weight is 275 g/mol. The third-order valence-electron chi connectivity index (χ3n) is 1.79. The molecule has 0 aliphatic heterocycles. The first-order chi connectivity index (χ1) is 6.59. The van der Waals surface area contributed by atoms with Crippen LogP contribution < -0.4 is 11.3 Å². The second kappa shape index (κ2) is 3.25. The van der Waals surface area contributed by atoms with E-state index in [0.29, 0.717) is 20.5 Å². The van der Waals surface area contributed by atoms with Crippen LogP contribution in [0.25, 0.3) is 11.0 Å². The topological polar surface area (TPSA) is 71.8 Å². The van der Waals surface area contributed by atoms with Gasteiger partial charge in [0.05, 0.1) is 15.0 Å². The second-order valence-electron chi connectivity index (χ2n) is 2.73. The summed E-state index contributed by atoms with van der Waals surface area (Å²) in [6.07, 6.45) is 1.49. The van der Waals surface area contributed by atoms with Gasteiger partial charge < -0.3 is 10.7 Å². The highest BCUT2D eigenvalue weighted by molar-refractivity contribution is 9.10. The van der Waals surface area contributed by atoms with Crippen LogP contribution in [0.15, 0.2) is 21.5 Å². The average Bonchev–Trinajstić information content (AvgIpc) is 2.14. The first-order valence-electron chi connectivity index (χ1n) is 3.72. The minimum atomic E-state index is -0.353. The number of nitrogens with zero attached hydrogens (tertiary/aromatic N) is 1. The van der Waals surface area contributed by atoms with Crippen molar-refractivity contribution in [2.75, 3.05) is 5.73 Å². The summed E-state index contributed by atoms with van der Waals surface area (Å²) in [6.45, 7) is 0. The second-order valence-corrected chi connectivity index (χ2v) is 3.96. The van der Waals surface area contributed by atoms with E-state index in [0.717, 1.165) is 0 Å². The summed E-state index contributed by atoms with van der Waals surface area (Å²) in [7, 11) is 0. The van der Waals surface area contributed by atoms with Gasteiger partial charge in [0, 0.05) is 6.20 Å². The molecule has 0 spiro atoms. The molecule has 0 radical (unpaired) electrons. The Kier molecular flexibility index (Phi) is 2.20. The molecule has 6 heteroatoms. The molecule has 0 saturated carbocycles. The number of H-pyrrole nitrogens is 1. The van der Waals surface area contributed by atoms with Crippen molar-refractivity contribution in [3.05, 3.63) is 32.1 Å². The van der Waals surface area contributed by atoms with Gasteiger partial charge in [-0.05, 0) is 22.0 Å². The maximum Gasteiger partial charge on any atom is 0.272 e. The highest BCUT2D eigenvalue weighted by atomic mass is 79.9. The molecule has 0 fully saturated rings. The number of anilines is 1. The molecule has 0 bridgehead atoms. The Hall–Kier alpha value is -1.07. The Morgan fingerprint density at radius 2 is 2.29 bits per heavy atom. The van der Waals surface area contributed by atoms with E-state index < -0.39 is 0 Å².